The van der Waals surface area contributed by atoms with Gasteiger partial charge in [-0.25, -0.2) is 9.18 Å². The third kappa shape index (κ3) is 5.15. The smallest absolute Gasteiger partial charge is 0.408 e. The average Bonchev–Trinajstić information content (AvgIpc) is 2.64. The van der Waals surface area contributed by atoms with Crippen molar-refractivity contribution in [2.24, 2.45) is 5.92 Å². The van der Waals surface area contributed by atoms with Crippen LogP contribution in [0.15, 0.2) is 41.7 Å². The minimum atomic E-state index is -1.72. The fourth-order valence-electron chi connectivity index (χ4n) is 4.16. The number of carbonyl (C=O) groups is 2. The van der Waals surface area contributed by atoms with E-state index in [4.69, 9.17) is 9.47 Å². The molecule has 0 radical (unpaired) electrons. The van der Waals surface area contributed by atoms with E-state index in [0.717, 1.165) is 16.7 Å². The van der Waals surface area contributed by atoms with Crippen LogP contribution in [-0.2, 0) is 14.3 Å². The highest BCUT2D eigenvalue weighted by molar-refractivity contribution is 5.77. The fourth-order valence-corrected chi connectivity index (χ4v) is 4.16. The van der Waals surface area contributed by atoms with E-state index in [9.17, 15) is 14.7 Å². The number of methoxy groups -OCH3 is 1. The van der Waals surface area contributed by atoms with E-state index in [1.807, 2.05) is 31.2 Å². The molecule has 6 nitrogen and oxygen atoms in total. The molecule has 0 aromatic heterocycles. The SMILES string of the molecule is COC1(C(CC(=O)O)NC(=O)OC(C)(C)C)C(F)=C(C)C=C(c2ccccc2C)C1C. The molecule has 0 aliphatic heterocycles. The van der Waals surface area contributed by atoms with Crippen molar-refractivity contribution in [3.63, 3.8) is 0 Å². The van der Waals surface area contributed by atoms with Gasteiger partial charge in [0.25, 0.3) is 0 Å². The van der Waals surface area contributed by atoms with Gasteiger partial charge in [0.05, 0.1) is 12.5 Å². The molecule has 2 N–H and O–H groups in total. The molecule has 2 rings (SSSR count). The zero-order valence-corrected chi connectivity index (χ0v) is 19.2. The minimum absolute atomic E-state index is 0.319. The quantitative estimate of drug-likeness (QED) is 0.658. The number of hydrogen-bond donors (Lipinski definition) is 2. The van der Waals surface area contributed by atoms with E-state index >= 15 is 4.39 Å². The molecule has 3 unspecified atom stereocenters. The first kappa shape index (κ1) is 24.6. The lowest BCUT2D eigenvalue weighted by Gasteiger charge is -2.46. The van der Waals surface area contributed by atoms with Crippen LogP contribution < -0.4 is 5.32 Å². The number of alkyl carbamates (subject to hydrolysis) is 1. The second kappa shape index (κ2) is 9.22. The number of carboxylic acids is 1. The van der Waals surface area contributed by atoms with Crippen molar-refractivity contribution in [1.29, 1.82) is 0 Å². The molecule has 1 aromatic carbocycles. The highest BCUT2D eigenvalue weighted by Crippen LogP contribution is 2.48. The number of halogens is 1. The van der Waals surface area contributed by atoms with E-state index in [1.54, 1.807) is 40.7 Å². The topological polar surface area (TPSA) is 84.9 Å². The Balaban J connectivity index is 2.60. The van der Waals surface area contributed by atoms with Crippen LogP contribution in [0, 0.1) is 12.8 Å². The normalized spacial score (nSPS) is 22.6. The Morgan fingerprint density at radius 3 is 2.39 bits per heavy atom. The standard InChI is InChI=1S/C24H32FNO5/c1-14-10-8-9-11-17(14)18-12-15(2)21(25)24(30-7,16(18)3)19(13-20(27)28)26-22(29)31-23(4,5)6/h8-12,16,19H,13H2,1-7H3,(H,26,29)(H,27,28). The molecular weight excluding hydrogens is 401 g/mol. The number of carboxylic acid groups (broad SMARTS) is 1. The highest BCUT2D eigenvalue weighted by Gasteiger charge is 2.53. The van der Waals surface area contributed by atoms with Crippen LogP contribution in [-0.4, -0.2) is 41.5 Å². The summed E-state index contributed by atoms with van der Waals surface area (Å²) in [5.74, 6) is -2.40. The molecule has 0 heterocycles. The molecule has 1 aliphatic carbocycles. The van der Waals surface area contributed by atoms with Gasteiger partial charge in [0.15, 0.2) is 0 Å². The van der Waals surface area contributed by atoms with E-state index in [2.05, 4.69) is 5.32 Å². The number of carbonyl (C=O) groups excluding carboxylic acids is 1. The second-order valence-corrected chi connectivity index (χ2v) is 8.93. The van der Waals surface area contributed by atoms with Gasteiger partial charge < -0.3 is 19.9 Å². The first-order valence-corrected chi connectivity index (χ1v) is 10.2. The number of nitrogens with one attached hydrogen (secondary N) is 1. The summed E-state index contributed by atoms with van der Waals surface area (Å²) in [6, 6.07) is 6.48. The maximum absolute atomic E-state index is 15.8. The average molecular weight is 434 g/mol. The predicted molar refractivity (Wildman–Crippen MR) is 117 cm³/mol. The summed E-state index contributed by atoms with van der Waals surface area (Å²) < 4.78 is 26.8. The number of amides is 1. The van der Waals surface area contributed by atoms with Gasteiger partial charge >= 0.3 is 12.1 Å². The lowest BCUT2D eigenvalue weighted by atomic mass is 9.69. The van der Waals surface area contributed by atoms with E-state index in [-0.39, 0.29) is 0 Å². The molecule has 0 bridgehead atoms. The molecule has 170 valence electrons. The van der Waals surface area contributed by atoms with Gasteiger partial charge in [0, 0.05) is 13.0 Å². The Hall–Kier alpha value is -2.67. The number of ether oxygens (including phenoxy) is 2. The molecule has 0 spiro atoms. The molecule has 1 amide bonds. The van der Waals surface area contributed by atoms with Crippen LogP contribution in [0.5, 0.6) is 0 Å². The van der Waals surface area contributed by atoms with Crippen LogP contribution in [0.3, 0.4) is 0 Å². The number of benzene rings is 1. The van der Waals surface area contributed by atoms with E-state index < -0.39 is 47.5 Å². The van der Waals surface area contributed by atoms with Crippen LogP contribution in [0.25, 0.3) is 5.57 Å². The maximum atomic E-state index is 15.8. The summed E-state index contributed by atoms with van der Waals surface area (Å²) in [7, 11) is 1.33. The van der Waals surface area contributed by atoms with E-state index in [0.29, 0.717) is 5.57 Å². The van der Waals surface area contributed by atoms with Gasteiger partial charge in [-0.1, -0.05) is 37.3 Å². The summed E-state index contributed by atoms with van der Waals surface area (Å²) in [4.78, 5) is 24.2. The van der Waals surface area contributed by atoms with E-state index in [1.165, 1.54) is 7.11 Å². The molecular formula is C24H32FNO5. The fraction of sp³-hybridized carbons (Fsp3) is 0.500. The first-order valence-electron chi connectivity index (χ1n) is 10.2. The Labute approximate surface area is 183 Å². The zero-order valence-electron chi connectivity index (χ0n) is 19.2. The first-order chi connectivity index (χ1) is 14.3. The molecule has 0 fully saturated rings. The number of rotatable bonds is 6. The maximum Gasteiger partial charge on any atom is 0.408 e. The minimum Gasteiger partial charge on any atom is -0.481 e. The van der Waals surface area contributed by atoms with Crippen molar-refractivity contribution >= 4 is 17.6 Å². The van der Waals surface area contributed by atoms with Gasteiger partial charge in [-0.3, -0.25) is 4.79 Å². The Kier molecular flexibility index (Phi) is 7.32. The van der Waals surface area contributed by atoms with Crippen molar-refractivity contribution in [1.82, 2.24) is 5.32 Å². The lowest BCUT2D eigenvalue weighted by molar-refractivity contribution is -0.140. The van der Waals surface area contributed by atoms with Gasteiger partial charge in [0.2, 0.25) is 0 Å². The summed E-state index contributed by atoms with van der Waals surface area (Å²) in [6.45, 7) is 10.4. The van der Waals surface area contributed by atoms with Gasteiger partial charge in [-0.2, -0.15) is 0 Å². The van der Waals surface area contributed by atoms with Crippen molar-refractivity contribution < 1.29 is 28.6 Å². The lowest BCUT2D eigenvalue weighted by Crippen LogP contribution is -2.60. The predicted octanol–water partition coefficient (Wildman–Crippen LogP) is 5.02. The molecule has 0 saturated carbocycles. The van der Waals surface area contributed by atoms with Crippen LogP contribution in [0.2, 0.25) is 0 Å². The van der Waals surface area contributed by atoms with Crippen molar-refractivity contribution in [3.8, 4) is 0 Å². The van der Waals surface area contributed by atoms with Crippen molar-refractivity contribution in [3.05, 3.63) is 52.9 Å². The Bertz CT molecular complexity index is 915. The third-order valence-corrected chi connectivity index (χ3v) is 5.55. The number of allylic oxidation sites excluding steroid dienone is 2. The van der Waals surface area contributed by atoms with Crippen molar-refractivity contribution in [2.75, 3.05) is 7.11 Å². The van der Waals surface area contributed by atoms with Crippen LogP contribution >= 0.6 is 0 Å². The summed E-state index contributed by atoms with van der Waals surface area (Å²) in [6.07, 6.45) is 0.379. The number of aliphatic carboxylic acids is 1. The number of aryl methyl sites for hydroxylation is 1. The van der Waals surface area contributed by atoms with Crippen molar-refractivity contribution in [2.45, 2.75) is 65.2 Å². The van der Waals surface area contributed by atoms with Gasteiger partial charge in [-0.15, -0.1) is 0 Å². The monoisotopic (exact) mass is 433 g/mol. The molecule has 7 heteroatoms. The van der Waals surface area contributed by atoms with Crippen LogP contribution in [0.4, 0.5) is 9.18 Å². The highest BCUT2D eigenvalue weighted by atomic mass is 19.1. The second-order valence-electron chi connectivity index (χ2n) is 8.93. The summed E-state index contributed by atoms with van der Waals surface area (Å²) in [5.41, 5.74) is 0.517. The molecule has 31 heavy (non-hydrogen) atoms. The van der Waals surface area contributed by atoms with Gasteiger partial charge in [-0.05, 0) is 56.9 Å². The summed E-state index contributed by atoms with van der Waals surface area (Å²) >= 11 is 0. The van der Waals surface area contributed by atoms with Gasteiger partial charge in [0.1, 0.15) is 17.0 Å². The third-order valence-electron chi connectivity index (χ3n) is 5.55. The summed E-state index contributed by atoms with van der Waals surface area (Å²) in [5, 5.41) is 12.1. The zero-order chi connectivity index (χ0) is 23.6. The molecule has 0 saturated heterocycles. The largest absolute Gasteiger partial charge is 0.481 e. The molecule has 1 aliphatic rings. The molecule has 3 atom stereocenters. The number of hydrogen-bond acceptors (Lipinski definition) is 4. The molecule has 1 aromatic rings. The Morgan fingerprint density at radius 1 is 1.26 bits per heavy atom. The van der Waals surface area contributed by atoms with Crippen LogP contribution in [0.1, 0.15) is 52.2 Å². The Morgan fingerprint density at radius 2 is 1.87 bits per heavy atom.